The molecule has 2 aromatic heterocycles. The first-order valence-corrected chi connectivity index (χ1v) is 13.5. The number of fused-ring (bicyclic) bond motifs is 3. The number of rotatable bonds is 3. The average Bonchev–Trinajstić information content (AvgIpc) is 3.43. The van der Waals surface area contributed by atoms with Crippen LogP contribution in [0, 0.1) is 0 Å². The number of hydrogen-bond acceptors (Lipinski definition) is 8. The van der Waals surface area contributed by atoms with Crippen molar-refractivity contribution in [3.8, 4) is 0 Å². The molecule has 1 saturated heterocycles. The Morgan fingerprint density at radius 3 is 2.41 bits per heavy atom. The number of aliphatic hydroxyl groups excluding tert-OH is 1. The van der Waals surface area contributed by atoms with Crippen molar-refractivity contribution in [3.63, 3.8) is 0 Å². The molecule has 2 N–H and O–H groups in total. The van der Waals surface area contributed by atoms with E-state index in [1.165, 1.54) is 18.6 Å². The molecule has 1 fully saturated rings. The number of amides is 2. The lowest BCUT2D eigenvalue weighted by molar-refractivity contribution is -0.146. The first-order valence-electron chi connectivity index (χ1n) is 13.5. The maximum absolute atomic E-state index is 12.9. The lowest BCUT2D eigenvalue weighted by Gasteiger charge is -2.33. The summed E-state index contributed by atoms with van der Waals surface area (Å²) in [5, 5.41) is 11.2. The molecule has 1 atom stereocenters. The second kappa shape index (κ2) is 12.7. The number of aliphatic hydroxyl groups is 1. The van der Waals surface area contributed by atoms with Crippen LogP contribution < -0.4 is 5.32 Å². The molecule has 3 aliphatic rings. The van der Waals surface area contributed by atoms with Crippen LogP contribution in [0.1, 0.15) is 73.8 Å². The Morgan fingerprint density at radius 2 is 1.76 bits per heavy atom. The van der Waals surface area contributed by atoms with E-state index in [2.05, 4.69) is 15.3 Å². The highest BCUT2D eigenvalue weighted by Gasteiger charge is 2.35. The normalized spacial score (nSPS) is 18.5. The van der Waals surface area contributed by atoms with Crippen LogP contribution in [0.15, 0.2) is 18.2 Å². The quantitative estimate of drug-likeness (QED) is 0.544. The summed E-state index contributed by atoms with van der Waals surface area (Å²) in [6.45, 7) is 7.66. The molecule has 0 aliphatic carbocycles. The largest absolute Gasteiger partial charge is 0.444 e. The highest BCUT2D eigenvalue weighted by atomic mass is 19.4. The molecule has 2 aromatic rings. The average molecular weight is 581 g/mol. The van der Waals surface area contributed by atoms with E-state index in [0.717, 1.165) is 54.4 Å². The van der Waals surface area contributed by atoms with Crippen LogP contribution >= 0.6 is 0 Å². The van der Waals surface area contributed by atoms with Crippen molar-refractivity contribution in [1.82, 2.24) is 14.9 Å². The molecule has 0 saturated carbocycles. The molecular weight excluding hydrogens is 545 g/mol. The van der Waals surface area contributed by atoms with Crippen molar-refractivity contribution in [3.05, 3.63) is 52.0 Å². The minimum absolute atomic E-state index is 0.0184. The first kappa shape index (κ1) is 30.7. The van der Waals surface area contributed by atoms with Crippen LogP contribution in [0.3, 0.4) is 0 Å². The first-order chi connectivity index (χ1) is 19.4. The lowest BCUT2D eigenvalue weighted by Crippen LogP contribution is -2.45. The van der Waals surface area contributed by atoms with Gasteiger partial charge in [-0.05, 0) is 63.3 Å². The summed E-state index contributed by atoms with van der Waals surface area (Å²) in [5.41, 5.74) is 2.10. The summed E-state index contributed by atoms with van der Waals surface area (Å²) in [5.74, 6) is 0.522. The molecule has 0 spiro atoms. The Kier molecular flexibility index (Phi) is 9.50. The summed E-state index contributed by atoms with van der Waals surface area (Å²) in [4.78, 5) is 34.8. The predicted molar refractivity (Wildman–Crippen MR) is 140 cm³/mol. The Hall–Kier alpha value is -3.29. The van der Waals surface area contributed by atoms with E-state index in [0.29, 0.717) is 25.5 Å². The standard InChI is InChI=1S/C21H29N3O5.C7H6F3NO/c1-21(2,3)29-20(26)23-18-15-11-27-10-14(15)13-9-17(28-12-16(13)22-18)19(25)24-7-5-4-6-8-24;8-7(9,10)6-3-1-2-5(4-12)11-6/h17H,4-12H2,1-3H3,(H,22,23,26);1-3,12H,4H2. The van der Waals surface area contributed by atoms with E-state index in [4.69, 9.17) is 19.3 Å². The number of ether oxygens (including phenoxy) is 3. The molecule has 41 heavy (non-hydrogen) atoms. The second-order valence-electron chi connectivity index (χ2n) is 11.0. The van der Waals surface area contributed by atoms with Crippen LogP contribution in [0.5, 0.6) is 0 Å². The number of likely N-dealkylation sites (tertiary alicyclic amines) is 1. The van der Waals surface area contributed by atoms with Crippen molar-refractivity contribution < 1.29 is 42.1 Å². The molecule has 2 amide bonds. The summed E-state index contributed by atoms with van der Waals surface area (Å²) in [7, 11) is 0. The molecule has 1 unspecified atom stereocenters. The summed E-state index contributed by atoms with van der Waals surface area (Å²) in [6.07, 6.45) is -1.67. The minimum atomic E-state index is -4.44. The van der Waals surface area contributed by atoms with Crippen LogP contribution in [0.25, 0.3) is 0 Å². The molecule has 0 radical (unpaired) electrons. The smallest absolute Gasteiger partial charge is 0.433 e. The topological polar surface area (TPSA) is 123 Å². The lowest BCUT2D eigenvalue weighted by atomic mass is 9.94. The van der Waals surface area contributed by atoms with E-state index in [9.17, 15) is 22.8 Å². The maximum atomic E-state index is 12.9. The van der Waals surface area contributed by atoms with Gasteiger partial charge >= 0.3 is 12.3 Å². The van der Waals surface area contributed by atoms with Gasteiger partial charge in [0.15, 0.2) is 0 Å². The van der Waals surface area contributed by atoms with Crippen LogP contribution in [0.4, 0.5) is 23.8 Å². The highest BCUT2D eigenvalue weighted by molar-refractivity contribution is 5.85. The van der Waals surface area contributed by atoms with E-state index in [1.54, 1.807) is 0 Å². The SMILES string of the molecule is CC(C)(C)OC(=O)Nc1nc2c(c3c1COC3)CC(C(=O)N1CCCCC1)OC2.OCc1cccc(C(F)(F)F)n1. The van der Waals surface area contributed by atoms with Gasteiger partial charge in [-0.15, -0.1) is 0 Å². The summed E-state index contributed by atoms with van der Waals surface area (Å²) < 4.78 is 52.8. The second-order valence-corrected chi connectivity index (χ2v) is 11.0. The zero-order chi connectivity index (χ0) is 29.8. The Labute approximate surface area is 236 Å². The Bertz CT molecular complexity index is 1260. The molecule has 224 valence electrons. The Morgan fingerprint density at radius 1 is 1.05 bits per heavy atom. The number of nitrogens with one attached hydrogen (secondary N) is 1. The van der Waals surface area contributed by atoms with E-state index in [-0.39, 0.29) is 18.2 Å². The fourth-order valence-electron chi connectivity index (χ4n) is 4.84. The van der Waals surface area contributed by atoms with E-state index in [1.807, 2.05) is 25.7 Å². The molecule has 0 bridgehead atoms. The molecule has 0 aromatic carbocycles. The monoisotopic (exact) mass is 580 g/mol. The number of aromatic nitrogens is 2. The highest BCUT2D eigenvalue weighted by Crippen LogP contribution is 2.35. The number of pyridine rings is 2. The number of hydrogen-bond donors (Lipinski definition) is 2. The van der Waals surface area contributed by atoms with Gasteiger partial charge in [-0.1, -0.05) is 6.07 Å². The van der Waals surface area contributed by atoms with Crippen LogP contribution in [-0.2, 0) is 58.0 Å². The summed E-state index contributed by atoms with van der Waals surface area (Å²) in [6, 6.07) is 3.40. The van der Waals surface area contributed by atoms with Crippen molar-refractivity contribution in [1.29, 1.82) is 0 Å². The van der Waals surface area contributed by atoms with E-state index < -0.39 is 36.3 Å². The van der Waals surface area contributed by atoms with Crippen molar-refractivity contribution in [2.24, 2.45) is 0 Å². The van der Waals surface area contributed by atoms with Crippen LogP contribution in [-0.4, -0.2) is 56.8 Å². The number of nitrogens with zero attached hydrogens (tertiary/aromatic N) is 3. The molecule has 5 heterocycles. The van der Waals surface area contributed by atoms with Crippen LogP contribution in [0.2, 0.25) is 0 Å². The van der Waals surface area contributed by atoms with Gasteiger partial charge in [0.25, 0.3) is 5.91 Å². The van der Waals surface area contributed by atoms with Gasteiger partial charge in [0, 0.05) is 25.1 Å². The number of halogens is 3. The number of alkyl halides is 3. The fraction of sp³-hybridized carbons (Fsp3) is 0.571. The molecule has 3 aliphatic heterocycles. The van der Waals surface area contributed by atoms with Crippen molar-refractivity contribution in [2.75, 3.05) is 18.4 Å². The van der Waals surface area contributed by atoms with Gasteiger partial charge in [-0.25, -0.2) is 14.8 Å². The van der Waals surface area contributed by atoms with Gasteiger partial charge in [0.05, 0.1) is 37.8 Å². The number of anilines is 1. The van der Waals surface area contributed by atoms with Gasteiger partial charge in [-0.2, -0.15) is 13.2 Å². The third kappa shape index (κ3) is 7.92. The number of carbonyl (C=O) groups is 2. The third-order valence-corrected chi connectivity index (χ3v) is 6.73. The summed E-state index contributed by atoms with van der Waals surface area (Å²) >= 11 is 0. The molecule has 10 nitrogen and oxygen atoms in total. The molecular formula is C28H35F3N4O6. The minimum Gasteiger partial charge on any atom is -0.444 e. The number of carbonyl (C=O) groups excluding carboxylic acids is 2. The zero-order valence-corrected chi connectivity index (χ0v) is 23.3. The van der Waals surface area contributed by atoms with Crippen molar-refractivity contribution >= 4 is 17.8 Å². The van der Waals surface area contributed by atoms with Gasteiger partial charge < -0.3 is 24.2 Å². The predicted octanol–water partition coefficient (Wildman–Crippen LogP) is 4.51. The van der Waals surface area contributed by atoms with Crippen molar-refractivity contribution in [2.45, 2.75) is 90.8 Å². The molecule has 13 heteroatoms. The Balaban J connectivity index is 0.000000271. The zero-order valence-electron chi connectivity index (χ0n) is 23.3. The van der Waals surface area contributed by atoms with E-state index >= 15 is 0 Å². The maximum Gasteiger partial charge on any atom is 0.433 e. The van der Waals surface area contributed by atoms with Gasteiger partial charge in [0.1, 0.15) is 23.2 Å². The number of piperidine rings is 1. The van der Waals surface area contributed by atoms with Gasteiger partial charge in [-0.3, -0.25) is 10.1 Å². The van der Waals surface area contributed by atoms with Gasteiger partial charge in [0.2, 0.25) is 0 Å². The molecule has 5 rings (SSSR count). The fourth-order valence-corrected chi connectivity index (χ4v) is 4.84. The third-order valence-electron chi connectivity index (χ3n) is 6.73.